The Labute approximate surface area is 132 Å². The van der Waals surface area contributed by atoms with Crippen LogP contribution in [0.5, 0.6) is 0 Å². The summed E-state index contributed by atoms with van der Waals surface area (Å²) in [5, 5.41) is 4.20. The molecule has 1 saturated heterocycles. The molecular formula is C16H27N3OS. The lowest BCUT2D eigenvalue weighted by Gasteiger charge is -2.29. The molecule has 2 rings (SSSR count). The first-order chi connectivity index (χ1) is 10.1. The molecule has 0 aliphatic carbocycles. The lowest BCUT2D eigenvalue weighted by molar-refractivity contribution is -0.121. The summed E-state index contributed by atoms with van der Waals surface area (Å²) in [5.74, 6) is 0.861. The van der Waals surface area contributed by atoms with Crippen LogP contribution in [0.2, 0.25) is 0 Å². The van der Waals surface area contributed by atoms with Crippen LogP contribution in [0.3, 0.4) is 0 Å². The van der Waals surface area contributed by atoms with Gasteiger partial charge >= 0.3 is 0 Å². The Kier molecular flexibility index (Phi) is 6.18. The number of likely N-dealkylation sites (tertiary alicyclic amines) is 1. The summed E-state index contributed by atoms with van der Waals surface area (Å²) in [5.41, 5.74) is 1.06. The number of piperidine rings is 1. The summed E-state index contributed by atoms with van der Waals surface area (Å²) in [4.78, 5) is 20.1. The van der Waals surface area contributed by atoms with Crippen LogP contribution < -0.4 is 5.32 Å². The van der Waals surface area contributed by atoms with Crippen molar-refractivity contribution in [2.45, 2.75) is 52.5 Å². The van der Waals surface area contributed by atoms with Crippen LogP contribution in [0, 0.1) is 12.8 Å². The van der Waals surface area contributed by atoms with Gasteiger partial charge in [0.15, 0.2) is 0 Å². The van der Waals surface area contributed by atoms with Crippen LogP contribution in [-0.2, 0) is 17.8 Å². The average molecular weight is 309 g/mol. The molecule has 21 heavy (non-hydrogen) atoms. The second-order valence-corrected chi connectivity index (χ2v) is 7.22. The molecule has 0 spiro atoms. The van der Waals surface area contributed by atoms with Gasteiger partial charge < -0.3 is 10.2 Å². The molecule has 2 heterocycles. The van der Waals surface area contributed by atoms with Gasteiger partial charge in [0.25, 0.3) is 0 Å². The Balaban J connectivity index is 1.70. The van der Waals surface area contributed by atoms with Crippen molar-refractivity contribution < 1.29 is 4.79 Å². The fraction of sp³-hybridized carbons (Fsp3) is 0.750. The molecule has 1 aromatic rings. The number of carbonyl (C=O) groups is 1. The van der Waals surface area contributed by atoms with Crippen molar-refractivity contribution in [1.29, 1.82) is 0 Å². The van der Waals surface area contributed by atoms with Gasteiger partial charge in [-0.25, -0.2) is 4.98 Å². The summed E-state index contributed by atoms with van der Waals surface area (Å²) in [6.07, 6.45) is 5.16. The molecule has 1 aliphatic rings. The minimum atomic E-state index is 0.175. The Morgan fingerprint density at radius 1 is 1.52 bits per heavy atom. The third-order valence-corrected chi connectivity index (χ3v) is 5.49. The number of nitrogens with zero attached hydrogens (tertiary/aromatic N) is 2. The smallest absolute Gasteiger partial charge is 0.220 e. The van der Waals surface area contributed by atoms with E-state index in [0.29, 0.717) is 18.9 Å². The van der Waals surface area contributed by atoms with Gasteiger partial charge in [-0.1, -0.05) is 6.92 Å². The fourth-order valence-corrected chi connectivity index (χ4v) is 3.86. The standard InChI is InChI=1S/C16H27N3OS/c1-4-16-18-12(2)14(21-16)10-17-15(20)8-7-13-6-5-9-19(3)11-13/h13H,4-11H2,1-3H3,(H,17,20)/t13-/m0/s1. The minimum absolute atomic E-state index is 0.175. The number of aryl methyl sites for hydroxylation is 2. The maximum Gasteiger partial charge on any atom is 0.220 e. The van der Waals surface area contributed by atoms with E-state index in [1.54, 1.807) is 11.3 Å². The van der Waals surface area contributed by atoms with Crippen LogP contribution in [0.1, 0.15) is 48.2 Å². The fourth-order valence-electron chi connectivity index (χ4n) is 2.91. The Hall–Kier alpha value is -0.940. The molecule has 0 bridgehead atoms. The molecule has 1 aliphatic heterocycles. The van der Waals surface area contributed by atoms with Gasteiger partial charge in [0.1, 0.15) is 0 Å². The largest absolute Gasteiger partial charge is 0.351 e. The molecular weight excluding hydrogens is 282 g/mol. The van der Waals surface area contributed by atoms with Crippen molar-refractivity contribution in [3.05, 3.63) is 15.6 Å². The number of amides is 1. The number of aromatic nitrogens is 1. The van der Waals surface area contributed by atoms with Crippen molar-refractivity contribution in [1.82, 2.24) is 15.2 Å². The highest BCUT2D eigenvalue weighted by Gasteiger charge is 2.18. The van der Waals surface area contributed by atoms with Crippen LogP contribution in [-0.4, -0.2) is 35.9 Å². The van der Waals surface area contributed by atoms with Gasteiger partial charge in [-0.05, 0) is 52.1 Å². The zero-order valence-electron chi connectivity index (χ0n) is 13.4. The predicted molar refractivity (Wildman–Crippen MR) is 87.5 cm³/mol. The van der Waals surface area contributed by atoms with Crippen LogP contribution in [0.15, 0.2) is 0 Å². The maximum absolute atomic E-state index is 12.0. The van der Waals surface area contributed by atoms with Crippen molar-refractivity contribution in [2.24, 2.45) is 5.92 Å². The van der Waals surface area contributed by atoms with E-state index < -0.39 is 0 Å². The molecule has 1 N–H and O–H groups in total. The third-order valence-electron chi connectivity index (χ3n) is 4.19. The van der Waals surface area contributed by atoms with E-state index >= 15 is 0 Å². The molecule has 1 amide bonds. The summed E-state index contributed by atoms with van der Waals surface area (Å²) >= 11 is 1.72. The molecule has 1 atom stereocenters. The van der Waals surface area contributed by atoms with Crippen molar-refractivity contribution >= 4 is 17.2 Å². The number of thiazole rings is 1. The number of rotatable bonds is 6. The minimum Gasteiger partial charge on any atom is -0.351 e. The van der Waals surface area contributed by atoms with E-state index in [0.717, 1.165) is 30.1 Å². The summed E-state index contributed by atoms with van der Waals surface area (Å²) < 4.78 is 0. The summed E-state index contributed by atoms with van der Waals surface area (Å²) in [6, 6.07) is 0. The van der Waals surface area contributed by atoms with Crippen molar-refractivity contribution in [3.8, 4) is 0 Å². The van der Waals surface area contributed by atoms with Crippen LogP contribution in [0.4, 0.5) is 0 Å². The van der Waals surface area contributed by atoms with E-state index in [2.05, 4.69) is 29.2 Å². The van der Waals surface area contributed by atoms with Crippen molar-refractivity contribution in [2.75, 3.05) is 20.1 Å². The van der Waals surface area contributed by atoms with Gasteiger partial charge in [0.05, 0.1) is 17.2 Å². The molecule has 118 valence electrons. The Morgan fingerprint density at radius 3 is 3.00 bits per heavy atom. The molecule has 1 aromatic heterocycles. The zero-order chi connectivity index (χ0) is 15.2. The number of hydrogen-bond donors (Lipinski definition) is 1. The van der Waals surface area contributed by atoms with E-state index in [1.165, 1.54) is 24.3 Å². The SMILES string of the molecule is CCc1nc(C)c(CNC(=O)CC[C@@H]2CCCN(C)C2)s1. The van der Waals surface area contributed by atoms with E-state index in [9.17, 15) is 4.79 Å². The second-order valence-electron chi connectivity index (χ2n) is 6.06. The monoisotopic (exact) mass is 309 g/mol. The zero-order valence-corrected chi connectivity index (χ0v) is 14.3. The maximum atomic E-state index is 12.0. The highest BCUT2D eigenvalue weighted by Crippen LogP contribution is 2.20. The van der Waals surface area contributed by atoms with Crippen LogP contribution in [0.25, 0.3) is 0 Å². The van der Waals surface area contributed by atoms with E-state index in [-0.39, 0.29) is 5.91 Å². The lowest BCUT2D eigenvalue weighted by Crippen LogP contribution is -2.33. The highest BCUT2D eigenvalue weighted by molar-refractivity contribution is 7.11. The Morgan fingerprint density at radius 2 is 2.33 bits per heavy atom. The van der Waals surface area contributed by atoms with E-state index in [1.807, 2.05) is 6.92 Å². The van der Waals surface area contributed by atoms with Crippen LogP contribution >= 0.6 is 11.3 Å². The molecule has 5 heteroatoms. The Bertz CT molecular complexity index is 472. The lowest BCUT2D eigenvalue weighted by atomic mass is 9.93. The van der Waals surface area contributed by atoms with Gasteiger partial charge in [0, 0.05) is 17.8 Å². The highest BCUT2D eigenvalue weighted by atomic mass is 32.1. The van der Waals surface area contributed by atoms with Gasteiger partial charge in [0.2, 0.25) is 5.91 Å². The number of hydrogen-bond acceptors (Lipinski definition) is 4. The summed E-state index contributed by atoms with van der Waals surface area (Å²) in [6.45, 7) is 7.11. The molecule has 0 radical (unpaired) electrons. The first-order valence-corrected chi connectivity index (χ1v) is 8.80. The molecule has 0 unspecified atom stereocenters. The number of carbonyl (C=O) groups excluding carboxylic acids is 1. The second kappa shape index (κ2) is 7.90. The number of nitrogens with one attached hydrogen (secondary N) is 1. The van der Waals surface area contributed by atoms with Crippen molar-refractivity contribution in [3.63, 3.8) is 0 Å². The third kappa shape index (κ3) is 5.08. The van der Waals surface area contributed by atoms with Gasteiger partial charge in [-0.15, -0.1) is 11.3 Å². The molecule has 0 aromatic carbocycles. The summed E-state index contributed by atoms with van der Waals surface area (Å²) in [7, 11) is 2.17. The topological polar surface area (TPSA) is 45.2 Å². The molecule has 4 nitrogen and oxygen atoms in total. The molecule has 0 saturated carbocycles. The van der Waals surface area contributed by atoms with Gasteiger partial charge in [-0.2, -0.15) is 0 Å². The van der Waals surface area contributed by atoms with E-state index in [4.69, 9.17) is 0 Å². The quantitative estimate of drug-likeness (QED) is 0.879. The first kappa shape index (κ1) is 16.4. The average Bonchev–Trinajstić information content (AvgIpc) is 2.83. The normalized spacial score (nSPS) is 19.7. The first-order valence-electron chi connectivity index (χ1n) is 7.99. The van der Waals surface area contributed by atoms with Gasteiger partial charge in [-0.3, -0.25) is 4.79 Å². The predicted octanol–water partition coefficient (Wildman–Crippen LogP) is 2.75. The molecule has 1 fully saturated rings.